The highest BCUT2D eigenvalue weighted by molar-refractivity contribution is 5.79. The zero-order valence-electron chi connectivity index (χ0n) is 12.2. The third-order valence-electron chi connectivity index (χ3n) is 3.50. The summed E-state index contributed by atoms with van der Waals surface area (Å²) in [5.74, 6) is 0.117. The Morgan fingerprint density at radius 1 is 1.35 bits per heavy atom. The predicted molar refractivity (Wildman–Crippen MR) is 82.5 cm³/mol. The number of nitrogens with one attached hydrogen (secondary N) is 3. The van der Waals surface area contributed by atoms with Crippen LogP contribution < -0.4 is 10.6 Å². The second kappa shape index (κ2) is 7.10. The van der Waals surface area contributed by atoms with E-state index in [9.17, 15) is 4.79 Å². The summed E-state index contributed by atoms with van der Waals surface area (Å²) < 4.78 is 0. The van der Waals surface area contributed by atoms with E-state index in [1.54, 1.807) is 0 Å². The van der Waals surface area contributed by atoms with Gasteiger partial charge in [0.05, 0.1) is 0 Å². The molecule has 2 rings (SSSR count). The molecule has 0 aliphatic rings. The van der Waals surface area contributed by atoms with Gasteiger partial charge < -0.3 is 15.6 Å². The second-order valence-corrected chi connectivity index (χ2v) is 5.20. The van der Waals surface area contributed by atoms with E-state index in [1.807, 2.05) is 13.1 Å². The SMILES string of the molecule is CCC(C)NC(=O)CCNCc1ccc2cc[nH]c2c1. The van der Waals surface area contributed by atoms with Gasteiger partial charge in [0.2, 0.25) is 5.91 Å². The molecule has 0 radical (unpaired) electrons. The number of aromatic nitrogens is 1. The largest absolute Gasteiger partial charge is 0.361 e. The number of benzene rings is 1. The minimum absolute atomic E-state index is 0.117. The molecule has 2 aromatic rings. The lowest BCUT2D eigenvalue weighted by atomic mass is 10.1. The quantitative estimate of drug-likeness (QED) is 0.679. The first kappa shape index (κ1) is 14.6. The summed E-state index contributed by atoms with van der Waals surface area (Å²) in [6.07, 6.45) is 3.44. The summed E-state index contributed by atoms with van der Waals surface area (Å²) >= 11 is 0. The van der Waals surface area contributed by atoms with Crippen molar-refractivity contribution < 1.29 is 4.79 Å². The number of rotatable bonds is 7. The monoisotopic (exact) mass is 273 g/mol. The summed E-state index contributed by atoms with van der Waals surface area (Å²) in [5.41, 5.74) is 2.38. The first-order valence-corrected chi connectivity index (χ1v) is 7.25. The third kappa shape index (κ3) is 4.10. The van der Waals surface area contributed by atoms with Gasteiger partial charge in [0.15, 0.2) is 0 Å². The minimum Gasteiger partial charge on any atom is -0.361 e. The van der Waals surface area contributed by atoms with Gasteiger partial charge in [-0.05, 0) is 36.4 Å². The fourth-order valence-corrected chi connectivity index (χ4v) is 2.09. The molecule has 0 aliphatic heterocycles. The van der Waals surface area contributed by atoms with Crippen molar-refractivity contribution in [3.05, 3.63) is 36.0 Å². The van der Waals surface area contributed by atoms with Gasteiger partial charge in [-0.15, -0.1) is 0 Å². The third-order valence-corrected chi connectivity index (χ3v) is 3.50. The Morgan fingerprint density at radius 2 is 2.20 bits per heavy atom. The lowest BCUT2D eigenvalue weighted by molar-refractivity contribution is -0.121. The maximum Gasteiger partial charge on any atom is 0.221 e. The van der Waals surface area contributed by atoms with E-state index in [2.05, 4.69) is 46.8 Å². The summed E-state index contributed by atoms with van der Waals surface area (Å²) in [7, 11) is 0. The molecule has 0 bridgehead atoms. The average Bonchev–Trinajstić information content (AvgIpc) is 2.91. The van der Waals surface area contributed by atoms with Crippen molar-refractivity contribution in [2.24, 2.45) is 0 Å². The van der Waals surface area contributed by atoms with Crippen LogP contribution in [0.15, 0.2) is 30.5 Å². The number of H-pyrrole nitrogens is 1. The second-order valence-electron chi connectivity index (χ2n) is 5.20. The van der Waals surface area contributed by atoms with Crippen LogP contribution in [-0.4, -0.2) is 23.5 Å². The van der Waals surface area contributed by atoms with Crippen LogP contribution in [0.5, 0.6) is 0 Å². The van der Waals surface area contributed by atoms with Gasteiger partial charge in [-0.1, -0.05) is 19.1 Å². The Labute approximate surface area is 120 Å². The molecule has 20 heavy (non-hydrogen) atoms. The van der Waals surface area contributed by atoms with Gasteiger partial charge in [0.1, 0.15) is 0 Å². The van der Waals surface area contributed by atoms with Gasteiger partial charge in [0, 0.05) is 37.3 Å². The summed E-state index contributed by atoms with van der Waals surface area (Å²) in [6.45, 7) is 5.58. The average molecular weight is 273 g/mol. The molecule has 0 spiro atoms. The van der Waals surface area contributed by atoms with E-state index < -0.39 is 0 Å². The van der Waals surface area contributed by atoms with Crippen LogP contribution in [0.2, 0.25) is 0 Å². The van der Waals surface area contributed by atoms with Crippen molar-refractivity contribution in [2.75, 3.05) is 6.54 Å². The lowest BCUT2D eigenvalue weighted by Gasteiger charge is -2.11. The van der Waals surface area contributed by atoms with Crippen molar-refractivity contribution in [3.63, 3.8) is 0 Å². The topological polar surface area (TPSA) is 56.9 Å². The highest BCUT2D eigenvalue weighted by atomic mass is 16.1. The molecule has 0 fully saturated rings. The Kier molecular flexibility index (Phi) is 5.18. The van der Waals surface area contributed by atoms with Crippen LogP contribution in [0.4, 0.5) is 0 Å². The molecule has 0 saturated heterocycles. The number of aromatic amines is 1. The van der Waals surface area contributed by atoms with Crippen molar-refractivity contribution in [1.82, 2.24) is 15.6 Å². The van der Waals surface area contributed by atoms with Gasteiger partial charge >= 0.3 is 0 Å². The molecule has 0 aliphatic carbocycles. The van der Waals surface area contributed by atoms with E-state index in [0.29, 0.717) is 13.0 Å². The minimum atomic E-state index is 0.117. The molecule has 1 amide bonds. The molecule has 0 saturated carbocycles. The van der Waals surface area contributed by atoms with Crippen molar-refractivity contribution in [3.8, 4) is 0 Å². The molecule has 108 valence electrons. The first-order chi connectivity index (χ1) is 9.69. The molecule has 1 atom stereocenters. The zero-order chi connectivity index (χ0) is 14.4. The zero-order valence-corrected chi connectivity index (χ0v) is 12.2. The van der Waals surface area contributed by atoms with Gasteiger partial charge in [-0.25, -0.2) is 0 Å². The standard InChI is InChI=1S/C16H23N3O/c1-3-12(2)19-16(20)7-8-17-11-13-4-5-14-6-9-18-15(14)10-13/h4-6,9-10,12,17-18H,3,7-8,11H2,1-2H3,(H,19,20). The Hall–Kier alpha value is -1.81. The van der Waals surface area contributed by atoms with Gasteiger partial charge in [-0.3, -0.25) is 4.79 Å². The summed E-state index contributed by atoms with van der Waals surface area (Å²) in [4.78, 5) is 14.8. The number of carbonyl (C=O) groups excluding carboxylic acids is 1. The smallest absolute Gasteiger partial charge is 0.221 e. The van der Waals surface area contributed by atoms with E-state index in [1.165, 1.54) is 10.9 Å². The number of amides is 1. The summed E-state index contributed by atoms with van der Waals surface area (Å²) in [5, 5.41) is 7.49. The normalized spacial score (nSPS) is 12.5. The van der Waals surface area contributed by atoms with Gasteiger partial charge in [0.25, 0.3) is 0 Å². The van der Waals surface area contributed by atoms with E-state index in [-0.39, 0.29) is 11.9 Å². The van der Waals surface area contributed by atoms with E-state index >= 15 is 0 Å². The maximum atomic E-state index is 11.6. The number of hydrogen-bond donors (Lipinski definition) is 3. The predicted octanol–water partition coefficient (Wildman–Crippen LogP) is 2.56. The van der Waals surface area contributed by atoms with Crippen LogP contribution in [0.25, 0.3) is 10.9 Å². The molecule has 1 aromatic carbocycles. The molecule has 4 nitrogen and oxygen atoms in total. The van der Waals surface area contributed by atoms with Crippen molar-refractivity contribution in [2.45, 2.75) is 39.3 Å². The van der Waals surface area contributed by atoms with Crippen LogP contribution in [0, 0.1) is 0 Å². The van der Waals surface area contributed by atoms with Crippen LogP contribution in [0.3, 0.4) is 0 Å². The molecular weight excluding hydrogens is 250 g/mol. The Bertz CT molecular complexity index is 562. The molecule has 3 N–H and O–H groups in total. The Balaban J connectivity index is 1.71. The van der Waals surface area contributed by atoms with Crippen molar-refractivity contribution >= 4 is 16.8 Å². The molecule has 1 aromatic heterocycles. The first-order valence-electron chi connectivity index (χ1n) is 7.25. The molecule has 4 heteroatoms. The highest BCUT2D eigenvalue weighted by Crippen LogP contribution is 2.13. The van der Waals surface area contributed by atoms with Crippen LogP contribution in [0.1, 0.15) is 32.3 Å². The molecular formula is C16H23N3O. The van der Waals surface area contributed by atoms with Gasteiger partial charge in [-0.2, -0.15) is 0 Å². The maximum absolute atomic E-state index is 11.6. The fourth-order valence-electron chi connectivity index (χ4n) is 2.09. The van der Waals surface area contributed by atoms with Crippen LogP contribution in [-0.2, 0) is 11.3 Å². The molecule has 1 heterocycles. The lowest BCUT2D eigenvalue weighted by Crippen LogP contribution is -2.33. The van der Waals surface area contributed by atoms with E-state index in [0.717, 1.165) is 18.5 Å². The highest BCUT2D eigenvalue weighted by Gasteiger charge is 2.04. The number of carbonyl (C=O) groups is 1. The summed E-state index contributed by atoms with van der Waals surface area (Å²) in [6, 6.07) is 8.69. The number of fused-ring (bicyclic) bond motifs is 1. The fraction of sp³-hybridized carbons (Fsp3) is 0.438. The van der Waals surface area contributed by atoms with E-state index in [4.69, 9.17) is 0 Å². The Morgan fingerprint density at radius 3 is 3.00 bits per heavy atom. The molecule has 1 unspecified atom stereocenters. The number of hydrogen-bond acceptors (Lipinski definition) is 2. The van der Waals surface area contributed by atoms with Crippen LogP contribution >= 0.6 is 0 Å². The van der Waals surface area contributed by atoms with Crippen molar-refractivity contribution in [1.29, 1.82) is 0 Å².